The van der Waals surface area contributed by atoms with Gasteiger partial charge in [0.15, 0.2) is 0 Å². The van der Waals surface area contributed by atoms with Crippen molar-refractivity contribution in [3.05, 3.63) is 18.2 Å². The van der Waals surface area contributed by atoms with Crippen LogP contribution < -0.4 is 9.64 Å². The Morgan fingerprint density at radius 1 is 1.20 bits per heavy atom. The van der Waals surface area contributed by atoms with Crippen molar-refractivity contribution in [2.45, 2.75) is 31.1 Å². The SMILES string of the molecule is CCCCN1C(=O)CC(=O)N(c2ccc(S(=O)(=O)O)cc2OC)C1=O. The van der Waals surface area contributed by atoms with Crippen LogP contribution in [0.5, 0.6) is 5.75 Å². The summed E-state index contributed by atoms with van der Waals surface area (Å²) in [5.74, 6) is -1.41. The van der Waals surface area contributed by atoms with Crippen molar-refractivity contribution >= 4 is 33.7 Å². The van der Waals surface area contributed by atoms with Crippen LogP contribution in [-0.4, -0.2) is 49.4 Å². The first-order valence-corrected chi connectivity index (χ1v) is 8.97. The van der Waals surface area contributed by atoms with Crippen LogP contribution in [0, 0.1) is 0 Å². The zero-order valence-electron chi connectivity index (χ0n) is 13.8. The highest BCUT2D eigenvalue weighted by molar-refractivity contribution is 7.85. The predicted molar refractivity (Wildman–Crippen MR) is 86.9 cm³/mol. The van der Waals surface area contributed by atoms with Crippen LogP contribution >= 0.6 is 0 Å². The van der Waals surface area contributed by atoms with Crippen LogP contribution in [0.3, 0.4) is 0 Å². The molecule has 10 heteroatoms. The Balaban J connectivity index is 2.46. The molecule has 0 unspecified atom stereocenters. The first-order valence-electron chi connectivity index (χ1n) is 7.53. The molecular weight excluding hydrogens is 352 g/mol. The average molecular weight is 370 g/mol. The first kappa shape index (κ1) is 18.9. The number of rotatable bonds is 6. The lowest BCUT2D eigenvalue weighted by atomic mass is 10.2. The summed E-state index contributed by atoms with van der Waals surface area (Å²) in [6.45, 7) is 2.09. The van der Waals surface area contributed by atoms with Gasteiger partial charge in [-0.15, -0.1) is 0 Å². The van der Waals surface area contributed by atoms with Gasteiger partial charge < -0.3 is 4.74 Å². The third-order valence-electron chi connectivity index (χ3n) is 3.70. The number of ether oxygens (including phenoxy) is 1. The molecule has 1 fully saturated rings. The third kappa shape index (κ3) is 3.80. The van der Waals surface area contributed by atoms with Crippen molar-refractivity contribution in [3.63, 3.8) is 0 Å². The van der Waals surface area contributed by atoms with Gasteiger partial charge in [-0.3, -0.25) is 19.0 Å². The Morgan fingerprint density at radius 3 is 2.44 bits per heavy atom. The zero-order chi connectivity index (χ0) is 18.8. The maximum Gasteiger partial charge on any atom is 0.338 e. The molecule has 0 radical (unpaired) electrons. The zero-order valence-corrected chi connectivity index (χ0v) is 14.6. The van der Waals surface area contributed by atoms with Gasteiger partial charge in [0.25, 0.3) is 10.1 Å². The van der Waals surface area contributed by atoms with Crippen LogP contribution in [0.15, 0.2) is 23.1 Å². The van der Waals surface area contributed by atoms with Crippen molar-refractivity contribution in [3.8, 4) is 5.75 Å². The minimum absolute atomic E-state index is 0.00102. The summed E-state index contributed by atoms with van der Waals surface area (Å²) < 4.78 is 36.6. The number of barbiturate groups is 1. The fourth-order valence-electron chi connectivity index (χ4n) is 2.42. The standard InChI is InChI=1S/C15H18N2O7S/c1-3-4-7-16-13(18)9-14(19)17(15(16)20)11-6-5-10(25(21,22)23)8-12(11)24-2/h5-6,8H,3-4,7,9H2,1-2H3,(H,21,22,23). The normalized spacial score (nSPS) is 15.7. The van der Waals surface area contributed by atoms with E-state index in [1.165, 1.54) is 13.2 Å². The lowest BCUT2D eigenvalue weighted by Crippen LogP contribution is -2.55. The van der Waals surface area contributed by atoms with E-state index in [9.17, 15) is 22.8 Å². The molecule has 1 aromatic carbocycles. The molecule has 136 valence electrons. The topological polar surface area (TPSA) is 121 Å². The Morgan fingerprint density at radius 2 is 1.88 bits per heavy atom. The van der Waals surface area contributed by atoms with Gasteiger partial charge in [0.2, 0.25) is 11.8 Å². The lowest BCUT2D eigenvalue weighted by molar-refractivity contribution is -0.134. The number of nitrogens with zero attached hydrogens (tertiary/aromatic N) is 2. The number of hydrogen-bond donors (Lipinski definition) is 1. The molecule has 1 aliphatic rings. The van der Waals surface area contributed by atoms with Crippen molar-refractivity contribution < 1.29 is 32.1 Å². The number of hydrogen-bond acceptors (Lipinski definition) is 6. The molecule has 0 atom stereocenters. The van der Waals surface area contributed by atoms with E-state index in [1.807, 2.05) is 6.92 Å². The molecule has 9 nitrogen and oxygen atoms in total. The smallest absolute Gasteiger partial charge is 0.338 e. The molecule has 0 aromatic heterocycles. The van der Waals surface area contributed by atoms with Crippen LogP contribution in [0.2, 0.25) is 0 Å². The number of anilines is 1. The summed E-state index contributed by atoms with van der Waals surface area (Å²) in [4.78, 5) is 38.1. The van der Waals surface area contributed by atoms with E-state index in [1.54, 1.807) is 0 Å². The van der Waals surface area contributed by atoms with Crippen LogP contribution in [-0.2, 0) is 19.7 Å². The summed E-state index contributed by atoms with van der Waals surface area (Å²) in [5, 5.41) is 0. The van der Waals surface area contributed by atoms with E-state index in [2.05, 4.69) is 0 Å². The van der Waals surface area contributed by atoms with Crippen LogP contribution in [0.25, 0.3) is 0 Å². The highest BCUT2D eigenvalue weighted by atomic mass is 32.2. The predicted octanol–water partition coefficient (Wildman–Crippen LogP) is 1.43. The van der Waals surface area contributed by atoms with Gasteiger partial charge in [0.1, 0.15) is 12.2 Å². The van der Waals surface area contributed by atoms with E-state index >= 15 is 0 Å². The van der Waals surface area contributed by atoms with E-state index < -0.39 is 39.3 Å². The molecule has 1 saturated heterocycles. The average Bonchev–Trinajstić information content (AvgIpc) is 2.53. The minimum atomic E-state index is -4.47. The van der Waals surface area contributed by atoms with Crippen molar-refractivity contribution in [2.75, 3.05) is 18.6 Å². The number of carbonyl (C=O) groups is 3. The Hall–Kier alpha value is -2.46. The van der Waals surface area contributed by atoms with Crippen molar-refractivity contribution in [2.24, 2.45) is 0 Å². The second-order valence-electron chi connectivity index (χ2n) is 5.40. The summed E-state index contributed by atoms with van der Waals surface area (Å²) in [6.07, 6.45) is 0.883. The van der Waals surface area contributed by atoms with E-state index in [0.717, 1.165) is 28.4 Å². The second-order valence-corrected chi connectivity index (χ2v) is 6.82. The second kappa shape index (κ2) is 7.19. The van der Waals surface area contributed by atoms with Gasteiger partial charge in [-0.2, -0.15) is 8.42 Å². The maximum atomic E-state index is 12.6. The largest absolute Gasteiger partial charge is 0.495 e. The fraction of sp³-hybridized carbons (Fsp3) is 0.400. The molecule has 4 amide bonds. The molecule has 0 aliphatic carbocycles. The maximum absolute atomic E-state index is 12.6. The monoisotopic (exact) mass is 370 g/mol. The summed E-state index contributed by atoms with van der Waals surface area (Å²) in [5.41, 5.74) is -0.00102. The fourth-order valence-corrected chi connectivity index (χ4v) is 2.91. The molecular formula is C15H18N2O7S. The van der Waals surface area contributed by atoms with Gasteiger partial charge in [0, 0.05) is 12.6 Å². The molecule has 1 aliphatic heterocycles. The highest BCUT2D eigenvalue weighted by Gasteiger charge is 2.39. The van der Waals surface area contributed by atoms with Gasteiger partial charge in [-0.25, -0.2) is 9.69 Å². The minimum Gasteiger partial charge on any atom is -0.495 e. The van der Waals surface area contributed by atoms with Gasteiger partial charge in [-0.1, -0.05) is 13.3 Å². The number of carbonyl (C=O) groups excluding carboxylic acids is 3. The van der Waals surface area contributed by atoms with Gasteiger partial charge in [0.05, 0.1) is 17.7 Å². The van der Waals surface area contributed by atoms with Gasteiger partial charge in [-0.05, 0) is 18.6 Å². The van der Waals surface area contributed by atoms with Crippen LogP contribution in [0.1, 0.15) is 26.2 Å². The van der Waals surface area contributed by atoms with Gasteiger partial charge >= 0.3 is 6.03 Å². The summed E-state index contributed by atoms with van der Waals surface area (Å²) >= 11 is 0. The molecule has 25 heavy (non-hydrogen) atoms. The molecule has 1 N–H and O–H groups in total. The third-order valence-corrected chi connectivity index (χ3v) is 4.55. The number of unbranched alkanes of at least 4 members (excludes halogenated alkanes) is 1. The molecule has 1 aromatic rings. The lowest BCUT2D eigenvalue weighted by Gasteiger charge is -2.33. The van der Waals surface area contributed by atoms with E-state index in [0.29, 0.717) is 6.42 Å². The Bertz CT molecular complexity index is 819. The molecule has 0 bridgehead atoms. The van der Waals surface area contributed by atoms with Crippen molar-refractivity contribution in [1.82, 2.24) is 4.90 Å². The quantitative estimate of drug-likeness (QED) is 0.594. The number of methoxy groups -OCH3 is 1. The first-order chi connectivity index (χ1) is 11.7. The molecule has 0 spiro atoms. The van der Waals surface area contributed by atoms with E-state index in [4.69, 9.17) is 9.29 Å². The molecule has 1 heterocycles. The number of benzene rings is 1. The number of amides is 4. The Kier molecular flexibility index (Phi) is 5.43. The summed E-state index contributed by atoms with van der Waals surface area (Å²) in [6, 6.07) is 2.40. The van der Waals surface area contributed by atoms with E-state index in [-0.39, 0.29) is 18.0 Å². The molecule has 2 rings (SSSR count). The van der Waals surface area contributed by atoms with Crippen LogP contribution in [0.4, 0.5) is 10.5 Å². The summed E-state index contributed by atoms with van der Waals surface area (Å²) in [7, 11) is -3.25. The Labute approximate surface area is 144 Å². The highest BCUT2D eigenvalue weighted by Crippen LogP contribution is 2.33. The number of imide groups is 2. The number of urea groups is 1. The molecule has 0 saturated carbocycles. The van der Waals surface area contributed by atoms with Crippen molar-refractivity contribution in [1.29, 1.82) is 0 Å².